The van der Waals surface area contributed by atoms with Crippen molar-refractivity contribution in [3.8, 4) is 0 Å². The molecule has 0 saturated carbocycles. The molecule has 1 aromatic heterocycles. The van der Waals surface area contributed by atoms with E-state index >= 15 is 0 Å². The fourth-order valence-corrected chi connectivity index (χ4v) is 5.33. The van der Waals surface area contributed by atoms with Crippen LogP contribution in [0.15, 0.2) is 18.2 Å². The van der Waals surface area contributed by atoms with E-state index in [9.17, 15) is 9.59 Å². The van der Waals surface area contributed by atoms with E-state index in [0.29, 0.717) is 6.42 Å². The smallest absolute Gasteiger partial charge is 0.253 e. The molecule has 2 saturated heterocycles. The second-order valence-corrected chi connectivity index (χ2v) is 8.89. The van der Waals surface area contributed by atoms with Crippen molar-refractivity contribution in [3.63, 3.8) is 0 Å². The molecule has 0 radical (unpaired) electrons. The first-order chi connectivity index (χ1) is 12.5. The van der Waals surface area contributed by atoms with Crippen molar-refractivity contribution < 1.29 is 9.59 Å². The number of aromatic nitrogens is 1. The number of likely N-dealkylation sites (tertiary alicyclic amines) is 2. The monoisotopic (exact) mass is 371 g/mol. The standard InChI is InChI=1S/C20H25N3O2S/c1-3-22-12-20(9-7-18(22)24)8-4-10-23(13-20)19(25)15-5-6-16-17(11-15)26-14(2)21-16/h5-6,11H,3-4,7-10,12-13H2,1-2H3/t20-/m0/s1. The average Bonchev–Trinajstić information content (AvgIpc) is 3.02. The third-order valence-corrected chi connectivity index (χ3v) is 6.75. The summed E-state index contributed by atoms with van der Waals surface area (Å²) in [5.74, 6) is 0.365. The Morgan fingerprint density at radius 3 is 2.96 bits per heavy atom. The van der Waals surface area contributed by atoms with Crippen LogP contribution in [0.5, 0.6) is 0 Å². The molecule has 26 heavy (non-hydrogen) atoms. The molecule has 2 aliphatic rings. The summed E-state index contributed by atoms with van der Waals surface area (Å²) in [6.07, 6.45) is 3.63. The van der Waals surface area contributed by atoms with Gasteiger partial charge in [0.05, 0.1) is 15.2 Å². The van der Waals surface area contributed by atoms with Crippen molar-refractivity contribution >= 4 is 33.4 Å². The predicted molar refractivity (Wildman–Crippen MR) is 103 cm³/mol. The van der Waals surface area contributed by atoms with Gasteiger partial charge in [0.1, 0.15) is 0 Å². The zero-order valence-electron chi connectivity index (χ0n) is 15.5. The molecule has 0 unspecified atom stereocenters. The molecule has 0 aliphatic carbocycles. The highest BCUT2D eigenvalue weighted by atomic mass is 32.1. The first-order valence-corrected chi connectivity index (χ1v) is 10.3. The van der Waals surface area contributed by atoms with Crippen LogP contribution in [0.2, 0.25) is 0 Å². The van der Waals surface area contributed by atoms with Crippen LogP contribution in [-0.2, 0) is 4.79 Å². The third-order valence-electron chi connectivity index (χ3n) is 5.82. The molecular weight excluding hydrogens is 346 g/mol. The molecule has 0 bridgehead atoms. The highest BCUT2D eigenvalue weighted by Gasteiger charge is 2.42. The van der Waals surface area contributed by atoms with E-state index in [1.807, 2.05) is 41.8 Å². The van der Waals surface area contributed by atoms with Crippen molar-refractivity contribution in [2.45, 2.75) is 39.5 Å². The molecule has 5 nitrogen and oxygen atoms in total. The normalized spacial score (nSPS) is 23.8. The van der Waals surface area contributed by atoms with Crippen LogP contribution in [0.1, 0.15) is 48.0 Å². The van der Waals surface area contributed by atoms with Gasteiger partial charge in [0, 0.05) is 43.6 Å². The first-order valence-electron chi connectivity index (χ1n) is 9.44. The Morgan fingerprint density at radius 1 is 1.31 bits per heavy atom. The number of hydrogen-bond acceptors (Lipinski definition) is 4. The van der Waals surface area contributed by atoms with Gasteiger partial charge in [-0.1, -0.05) is 0 Å². The summed E-state index contributed by atoms with van der Waals surface area (Å²) in [5.41, 5.74) is 1.78. The zero-order valence-corrected chi connectivity index (χ0v) is 16.3. The van der Waals surface area contributed by atoms with Crippen molar-refractivity contribution in [1.82, 2.24) is 14.8 Å². The van der Waals surface area contributed by atoms with Crippen LogP contribution in [0.25, 0.3) is 10.2 Å². The highest BCUT2D eigenvalue weighted by molar-refractivity contribution is 7.18. The zero-order chi connectivity index (χ0) is 18.3. The Hall–Kier alpha value is -1.95. The lowest BCUT2D eigenvalue weighted by Gasteiger charge is -2.48. The van der Waals surface area contributed by atoms with Crippen molar-refractivity contribution in [1.29, 1.82) is 0 Å². The summed E-state index contributed by atoms with van der Waals surface area (Å²) >= 11 is 1.63. The summed E-state index contributed by atoms with van der Waals surface area (Å²) in [4.78, 5) is 33.6. The Kier molecular flexibility index (Phi) is 4.47. The van der Waals surface area contributed by atoms with Crippen LogP contribution in [0, 0.1) is 12.3 Å². The molecule has 6 heteroatoms. The van der Waals surface area contributed by atoms with Gasteiger partial charge in [-0.25, -0.2) is 4.98 Å². The SMILES string of the molecule is CCN1C[C@]2(CCCN(C(=O)c3ccc4nc(C)sc4c3)C2)CCC1=O. The van der Waals surface area contributed by atoms with Crippen molar-refractivity contribution in [2.75, 3.05) is 26.2 Å². The molecule has 4 rings (SSSR count). The lowest BCUT2D eigenvalue weighted by molar-refractivity contribution is -0.138. The minimum absolute atomic E-state index is 0.0724. The molecule has 3 heterocycles. The summed E-state index contributed by atoms with van der Waals surface area (Å²) in [5, 5.41) is 1.02. The molecule has 0 N–H and O–H groups in total. The lowest BCUT2D eigenvalue weighted by atomic mass is 9.73. The first kappa shape index (κ1) is 17.5. The Balaban J connectivity index is 1.54. The van der Waals surface area contributed by atoms with E-state index in [2.05, 4.69) is 4.98 Å². The summed E-state index contributed by atoms with van der Waals surface area (Å²) in [6.45, 7) is 7.14. The molecule has 2 fully saturated rings. The van der Waals surface area contributed by atoms with E-state index in [1.54, 1.807) is 11.3 Å². The van der Waals surface area contributed by atoms with Gasteiger partial charge in [0.15, 0.2) is 0 Å². The van der Waals surface area contributed by atoms with Gasteiger partial charge in [0.2, 0.25) is 5.91 Å². The van der Waals surface area contributed by atoms with Gasteiger partial charge >= 0.3 is 0 Å². The van der Waals surface area contributed by atoms with Crippen LogP contribution in [-0.4, -0.2) is 52.8 Å². The fourth-order valence-electron chi connectivity index (χ4n) is 4.46. The molecule has 2 amide bonds. The molecule has 1 atom stereocenters. The van der Waals surface area contributed by atoms with Crippen LogP contribution in [0.3, 0.4) is 0 Å². The molecule has 1 spiro atoms. The molecular formula is C20H25N3O2S. The van der Waals surface area contributed by atoms with Gasteiger partial charge in [-0.3, -0.25) is 9.59 Å². The van der Waals surface area contributed by atoms with Gasteiger partial charge in [0.25, 0.3) is 5.91 Å². The van der Waals surface area contributed by atoms with E-state index in [4.69, 9.17) is 0 Å². The summed E-state index contributed by atoms with van der Waals surface area (Å²) < 4.78 is 1.07. The van der Waals surface area contributed by atoms with Crippen LogP contribution >= 0.6 is 11.3 Å². The van der Waals surface area contributed by atoms with Gasteiger partial charge in [-0.05, 0) is 51.3 Å². The second-order valence-electron chi connectivity index (χ2n) is 7.65. The van der Waals surface area contributed by atoms with Crippen molar-refractivity contribution in [3.05, 3.63) is 28.8 Å². The lowest BCUT2D eigenvalue weighted by Crippen LogP contribution is -2.55. The van der Waals surface area contributed by atoms with E-state index in [0.717, 1.165) is 66.2 Å². The molecule has 2 aliphatic heterocycles. The number of amides is 2. The second kappa shape index (κ2) is 6.65. The number of carbonyl (C=O) groups excluding carboxylic acids is 2. The number of rotatable bonds is 2. The van der Waals surface area contributed by atoms with Gasteiger partial charge in [-0.2, -0.15) is 0 Å². The fraction of sp³-hybridized carbons (Fsp3) is 0.550. The summed E-state index contributed by atoms with van der Waals surface area (Å²) in [6, 6.07) is 5.82. The number of aryl methyl sites for hydroxylation is 1. The number of benzene rings is 1. The van der Waals surface area contributed by atoms with Gasteiger partial charge < -0.3 is 9.80 Å². The molecule has 2 aromatic rings. The highest BCUT2D eigenvalue weighted by Crippen LogP contribution is 2.39. The van der Waals surface area contributed by atoms with Gasteiger partial charge in [-0.15, -0.1) is 11.3 Å². The topological polar surface area (TPSA) is 53.5 Å². The minimum Gasteiger partial charge on any atom is -0.342 e. The van der Waals surface area contributed by atoms with Crippen LogP contribution < -0.4 is 0 Å². The maximum Gasteiger partial charge on any atom is 0.253 e. The van der Waals surface area contributed by atoms with E-state index in [-0.39, 0.29) is 17.2 Å². The minimum atomic E-state index is 0.0724. The van der Waals surface area contributed by atoms with Crippen molar-refractivity contribution in [2.24, 2.45) is 5.41 Å². The molecule has 1 aromatic carbocycles. The Bertz CT molecular complexity index is 862. The molecule has 138 valence electrons. The largest absolute Gasteiger partial charge is 0.342 e. The number of thiazole rings is 1. The predicted octanol–water partition coefficient (Wildman–Crippen LogP) is 3.47. The Labute approximate surface area is 158 Å². The number of piperidine rings is 2. The summed E-state index contributed by atoms with van der Waals surface area (Å²) in [7, 11) is 0. The number of nitrogens with zero attached hydrogens (tertiary/aromatic N) is 3. The van der Waals surface area contributed by atoms with E-state index < -0.39 is 0 Å². The maximum absolute atomic E-state index is 13.1. The maximum atomic E-state index is 13.1. The number of carbonyl (C=O) groups is 2. The number of hydrogen-bond donors (Lipinski definition) is 0. The number of fused-ring (bicyclic) bond motifs is 1. The quantitative estimate of drug-likeness (QED) is 0.812. The Morgan fingerprint density at radius 2 is 2.15 bits per heavy atom. The average molecular weight is 372 g/mol. The van der Waals surface area contributed by atoms with Crippen LogP contribution in [0.4, 0.5) is 0 Å². The van der Waals surface area contributed by atoms with E-state index in [1.165, 1.54) is 0 Å². The third kappa shape index (κ3) is 3.11.